The number of nitrogens with zero attached hydrogens (tertiary/aromatic N) is 3. The van der Waals surface area contributed by atoms with Crippen molar-refractivity contribution >= 4 is 17.7 Å². The molecule has 2 aliphatic heterocycles. The highest BCUT2D eigenvalue weighted by Crippen LogP contribution is 2.42. The SMILES string of the molecule is [2H]C1(N2n3ccc(=O)c(O)c3C(=O)N(C(C)C)C2([2H])[2H])c2ccccc2CSc2ccccc21. The number of carbonyl (C=O) groups excluding carboxylic acids is 1. The minimum Gasteiger partial charge on any atom is -0.502 e. The van der Waals surface area contributed by atoms with Gasteiger partial charge in [-0.25, -0.2) is 0 Å². The zero-order chi connectivity index (χ0) is 24.4. The molecule has 0 saturated carbocycles. The largest absolute Gasteiger partial charge is 0.502 e. The van der Waals surface area contributed by atoms with Gasteiger partial charge in [-0.1, -0.05) is 42.5 Å². The molecule has 0 bridgehead atoms. The van der Waals surface area contributed by atoms with Gasteiger partial charge < -0.3 is 10.0 Å². The Hall–Kier alpha value is -3.19. The van der Waals surface area contributed by atoms with E-state index in [-0.39, 0.29) is 5.69 Å². The lowest BCUT2D eigenvalue weighted by Crippen LogP contribution is -2.57. The highest BCUT2D eigenvalue weighted by molar-refractivity contribution is 7.98. The monoisotopic (exact) mass is 436 g/mol. The first kappa shape index (κ1) is 16.5. The number of thioether (sulfide) groups is 1. The number of carbonyl (C=O) groups is 1. The first-order valence-electron chi connectivity index (χ1n) is 11.5. The molecule has 2 aromatic carbocycles. The average Bonchev–Trinajstić information content (AvgIpc) is 2.91. The van der Waals surface area contributed by atoms with E-state index in [1.807, 2.05) is 24.3 Å². The summed E-state index contributed by atoms with van der Waals surface area (Å²) in [5.41, 5.74) is 0.834. The maximum absolute atomic E-state index is 13.4. The van der Waals surface area contributed by atoms with E-state index in [4.69, 9.17) is 2.74 Å². The third-order valence-corrected chi connectivity index (χ3v) is 6.54. The Kier molecular flexibility index (Phi) is 3.99. The summed E-state index contributed by atoms with van der Waals surface area (Å²) in [5.74, 6) is -1.01. The van der Waals surface area contributed by atoms with Crippen molar-refractivity contribution in [1.29, 1.82) is 0 Å². The van der Waals surface area contributed by atoms with Crippen LogP contribution in [0.2, 0.25) is 0 Å². The molecular weight excluding hydrogens is 410 g/mol. The summed E-state index contributed by atoms with van der Waals surface area (Å²) < 4.78 is 29.4. The number of pyridine rings is 1. The van der Waals surface area contributed by atoms with Crippen LogP contribution in [0.5, 0.6) is 5.75 Å². The van der Waals surface area contributed by atoms with Crippen molar-refractivity contribution in [2.45, 2.75) is 36.6 Å². The quantitative estimate of drug-likeness (QED) is 0.664. The fourth-order valence-corrected chi connectivity index (χ4v) is 4.95. The van der Waals surface area contributed by atoms with Gasteiger partial charge in [0.05, 0.1) is 10.1 Å². The van der Waals surface area contributed by atoms with Gasteiger partial charge in [0.2, 0.25) is 5.43 Å². The zero-order valence-electron chi connectivity index (χ0n) is 20.1. The smallest absolute Gasteiger partial charge is 0.278 e. The molecule has 1 aromatic heterocycles. The summed E-state index contributed by atoms with van der Waals surface area (Å²) in [6, 6.07) is 13.3. The maximum atomic E-state index is 13.4. The van der Waals surface area contributed by atoms with Crippen molar-refractivity contribution in [3.8, 4) is 5.75 Å². The molecule has 2 aliphatic rings. The van der Waals surface area contributed by atoms with E-state index in [0.717, 1.165) is 31.1 Å². The molecule has 31 heavy (non-hydrogen) atoms. The molecule has 0 fully saturated rings. The predicted molar refractivity (Wildman–Crippen MR) is 121 cm³/mol. The van der Waals surface area contributed by atoms with E-state index in [2.05, 4.69) is 0 Å². The summed E-state index contributed by atoms with van der Waals surface area (Å²) in [5, 5.41) is 11.8. The van der Waals surface area contributed by atoms with Gasteiger partial charge in [-0.2, -0.15) is 0 Å². The van der Waals surface area contributed by atoms with Crippen molar-refractivity contribution in [3.63, 3.8) is 0 Å². The number of aromatic nitrogens is 1. The van der Waals surface area contributed by atoms with E-state index in [1.165, 1.54) is 6.20 Å². The standard InChI is InChI=1S/C24H23N3O3S/c1-15(2)25-14-27(26-12-11-19(28)23(29)22(26)24(25)30)21-17-8-4-3-7-16(17)13-31-20-10-6-5-9-18(20)21/h3-12,15,21,29H,13-14H2,1-2H3/i14D2,21D. The number of rotatable bonds is 2. The lowest BCUT2D eigenvalue weighted by Gasteiger charge is -2.45. The molecule has 1 amide bonds. The van der Waals surface area contributed by atoms with Crippen LogP contribution in [-0.2, 0) is 5.75 Å². The van der Waals surface area contributed by atoms with E-state index >= 15 is 0 Å². The molecule has 6 nitrogen and oxygen atoms in total. The minimum absolute atomic E-state index is 0.366. The molecule has 1 N–H and O–H groups in total. The highest BCUT2D eigenvalue weighted by Gasteiger charge is 2.39. The molecule has 1 atom stereocenters. The third kappa shape index (κ3) is 3.11. The van der Waals surface area contributed by atoms with E-state index in [0.29, 0.717) is 16.9 Å². The second-order valence-corrected chi connectivity index (χ2v) is 8.71. The normalized spacial score (nSPS) is 23.2. The van der Waals surface area contributed by atoms with Crippen molar-refractivity contribution < 1.29 is 14.0 Å². The lowest BCUT2D eigenvalue weighted by atomic mass is 9.94. The molecule has 158 valence electrons. The van der Waals surface area contributed by atoms with Gasteiger partial charge in [-0.3, -0.25) is 19.3 Å². The fourth-order valence-electron chi connectivity index (χ4n) is 3.89. The fraction of sp³-hybridized carbons (Fsp3) is 0.250. The minimum atomic E-state index is -2.49. The molecule has 0 spiro atoms. The maximum Gasteiger partial charge on any atom is 0.278 e. The molecular formula is C24H23N3O3S. The van der Waals surface area contributed by atoms with Crippen LogP contribution in [0, 0.1) is 0 Å². The Morgan fingerprint density at radius 2 is 1.81 bits per heavy atom. The Balaban J connectivity index is 1.93. The molecule has 0 aliphatic carbocycles. The number of aromatic hydroxyl groups is 1. The van der Waals surface area contributed by atoms with Crippen molar-refractivity contribution in [3.05, 3.63) is 93.4 Å². The van der Waals surface area contributed by atoms with Crippen LogP contribution < -0.4 is 10.4 Å². The first-order valence-corrected chi connectivity index (χ1v) is 11.0. The first-order chi connectivity index (χ1) is 16.1. The van der Waals surface area contributed by atoms with Gasteiger partial charge in [0.25, 0.3) is 5.91 Å². The molecule has 3 heterocycles. The van der Waals surface area contributed by atoms with Crippen molar-refractivity contribution in [1.82, 2.24) is 9.58 Å². The van der Waals surface area contributed by atoms with E-state index in [1.54, 1.807) is 49.9 Å². The van der Waals surface area contributed by atoms with Crippen LogP contribution >= 0.6 is 11.8 Å². The van der Waals surface area contributed by atoms with Gasteiger partial charge in [0.15, 0.2) is 11.4 Å². The van der Waals surface area contributed by atoms with Gasteiger partial charge in [0, 0.05) is 29.0 Å². The number of benzene rings is 2. The van der Waals surface area contributed by atoms with Gasteiger partial charge in [-0.05, 0) is 36.6 Å². The van der Waals surface area contributed by atoms with Gasteiger partial charge in [-0.15, -0.1) is 11.8 Å². The summed E-state index contributed by atoms with van der Waals surface area (Å²) >= 11 is 1.55. The van der Waals surface area contributed by atoms with Gasteiger partial charge in [0.1, 0.15) is 6.62 Å². The van der Waals surface area contributed by atoms with Crippen LogP contribution in [0.25, 0.3) is 0 Å². The molecule has 0 radical (unpaired) electrons. The Labute approximate surface area is 188 Å². The summed E-state index contributed by atoms with van der Waals surface area (Å²) in [7, 11) is 0. The predicted octanol–water partition coefficient (Wildman–Crippen LogP) is 3.71. The number of hydrogen-bond donors (Lipinski definition) is 1. The second-order valence-electron chi connectivity index (χ2n) is 7.69. The molecule has 0 saturated heterocycles. The van der Waals surface area contributed by atoms with Crippen molar-refractivity contribution in [2.24, 2.45) is 0 Å². The van der Waals surface area contributed by atoms with Crippen LogP contribution in [0.15, 0.2) is 70.5 Å². The lowest BCUT2D eigenvalue weighted by molar-refractivity contribution is 0.0621. The average molecular weight is 437 g/mol. The Bertz CT molecular complexity index is 1330. The highest BCUT2D eigenvalue weighted by atomic mass is 32.2. The van der Waals surface area contributed by atoms with Gasteiger partial charge >= 0.3 is 0 Å². The molecule has 5 rings (SSSR count). The van der Waals surface area contributed by atoms with Crippen LogP contribution in [0.3, 0.4) is 0 Å². The molecule has 7 heteroatoms. The van der Waals surface area contributed by atoms with Crippen molar-refractivity contribution in [2.75, 3.05) is 11.6 Å². The molecule has 1 unspecified atom stereocenters. The number of fused-ring (bicyclic) bond motifs is 3. The zero-order valence-corrected chi connectivity index (χ0v) is 17.9. The second kappa shape index (κ2) is 7.50. The summed E-state index contributed by atoms with van der Waals surface area (Å²) in [6.07, 6.45) is 1.25. The van der Waals surface area contributed by atoms with Crippen LogP contribution in [0.4, 0.5) is 0 Å². The number of amides is 1. The van der Waals surface area contributed by atoms with E-state index in [9.17, 15) is 16.1 Å². The number of hydrogen-bond acceptors (Lipinski definition) is 5. The van der Waals surface area contributed by atoms with E-state index < -0.39 is 35.8 Å². The molecule has 3 aromatic rings. The Morgan fingerprint density at radius 3 is 2.58 bits per heavy atom. The topological polar surface area (TPSA) is 65.8 Å². The Morgan fingerprint density at radius 1 is 1.10 bits per heavy atom. The summed E-state index contributed by atoms with van der Waals surface area (Å²) in [4.78, 5) is 27.5. The summed E-state index contributed by atoms with van der Waals surface area (Å²) in [6.45, 7) is 0.822. The third-order valence-electron chi connectivity index (χ3n) is 5.42. The van der Waals surface area contributed by atoms with Crippen LogP contribution in [-0.4, -0.2) is 33.3 Å². The van der Waals surface area contributed by atoms with Crippen LogP contribution in [0.1, 0.15) is 51.2 Å².